The van der Waals surface area contributed by atoms with Gasteiger partial charge in [0, 0.05) is 6.08 Å². The van der Waals surface area contributed by atoms with Crippen LogP contribution in [0.2, 0.25) is 0 Å². The first-order valence-corrected chi connectivity index (χ1v) is 4.36. The summed E-state index contributed by atoms with van der Waals surface area (Å²) < 4.78 is 9.96. The van der Waals surface area contributed by atoms with E-state index in [1.807, 2.05) is 0 Å². The second kappa shape index (κ2) is 8.47. The van der Waals surface area contributed by atoms with Gasteiger partial charge >= 0.3 is 5.97 Å². The van der Waals surface area contributed by atoms with E-state index in [4.69, 9.17) is 14.6 Å². The predicted molar refractivity (Wildman–Crippen MR) is 53.2 cm³/mol. The van der Waals surface area contributed by atoms with Gasteiger partial charge in [0.15, 0.2) is 0 Å². The van der Waals surface area contributed by atoms with Gasteiger partial charge in [-0.1, -0.05) is 12.2 Å². The molecule has 1 atom stereocenters. The average Bonchev–Trinajstić information content (AvgIpc) is 2.89. The van der Waals surface area contributed by atoms with Gasteiger partial charge in [0.05, 0.1) is 19.8 Å². The molecule has 0 spiro atoms. The smallest absolute Gasteiger partial charge is 0.327 e. The number of carboxylic acids is 1. The highest BCUT2D eigenvalue weighted by molar-refractivity contribution is 5.79. The fourth-order valence-electron chi connectivity index (χ4n) is 0.590. The molecule has 0 aromatic rings. The summed E-state index contributed by atoms with van der Waals surface area (Å²) in [6, 6.07) is 0. The van der Waals surface area contributed by atoms with Crippen LogP contribution in [0.5, 0.6) is 0 Å². The Labute approximate surface area is 83.8 Å². The quantitative estimate of drug-likeness (QED) is 0.314. The zero-order chi connectivity index (χ0) is 10.8. The number of hydrogen-bond donors (Lipinski definition) is 1. The molecule has 1 rings (SSSR count). The van der Waals surface area contributed by atoms with Gasteiger partial charge in [0.2, 0.25) is 0 Å². The normalized spacial score (nSPS) is 18.5. The lowest BCUT2D eigenvalue weighted by Gasteiger charge is -1.92. The number of carbonyl (C=O) groups is 1. The van der Waals surface area contributed by atoms with Crippen LogP contribution in [0.25, 0.3) is 0 Å². The second-order valence-corrected chi connectivity index (χ2v) is 2.62. The van der Waals surface area contributed by atoms with Crippen molar-refractivity contribution in [3.8, 4) is 0 Å². The average molecular weight is 200 g/mol. The summed E-state index contributed by atoms with van der Waals surface area (Å²) in [6.07, 6.45) is 4.68. The van der Waals surface area contributed by atoms with E-state index >= 15 is 0 Å². The van der Waals surface area contributed by atoms with Crippen LogP contribution < -0.4 is 0 Å². The first kappa shape index (κ1) is 12.9. The van der Waals surface area contributed by atoms with Crippen LogP contribution in [0.4, 0.5) is 0 Å². The lowest BCUT2D eigenvalue weighted by atomic mass is 10.5. The molecule has 1 aliphatic rings. The molecule has 1 unspecified atom stereocenters. The maximum Gasteiger partial charge on any atom is 0.327 e. The Morgan fingerprint density at radius 3 is 2.71 bits per heavy atom. The van der Waals surface area contributed by atoms with E-state index in [1.165, 1.54) is 6.08 Å². The first-order chi connectivity index (χ1) is 6.70. The summed E-state index contributed by atoms with van der Waals surface area (Å²) in [5.41, 5.74) is 0. The fraction of sp³-hybridized carbons (Fsp3) is 0.500. The summed E-state index contributed by atoms with van der Waals surface area (Å²) in [6.45, 7) is 7.41. The van der Waals surface area contributed by atoms with Crippen LogP contribution in [0.3, 0.4) is 0 Å². The van der Waals surface area contributed by atoms with Crippen molar-refractivity contribution in [2.45, 2.75) is 13.0 Å². The van der Waals surface area contributed by atoms with E-state index in [9.17, 15) is 4.79 Å². The van der Waals surface area contributed by atoms with Gasteiger partial charge in [-0.3, -0.25) is 0 Å². The summed E-state index contributed by atoms with van der Waals surface area (Å²) in [7, 11) is 0. The Morgan fingerprint density at radius 1 is 1.79 bits per heavy atom. The molecule has 0 aliphatic carbocycles. The van der Waals surface area contributed by atoms with Crippen LogP contribution in [0.15, 0.2) is 24.8 Å². The largest absolute Gasteiger partial charge is 0.478 e. The van der Waals surface area contributed by atoms with Gasteiger partial charge in [-0.2, -0.15) is 0 Å². The standard InChI is InChI=1S/C6H10O2.C4H6O2/c1-2-3-7-4-6-5-8-6;1-2-3-4(5)6/h2,6H,1,3-5H2;2-3H,1H3,(H,5,6). The summed E-state index contributed by atoms with van der Waals surface area (Å²) >= 11 is 0. The molecule has 1 heterocycles. The van der Waals surface area contributed by atoms with Gasteiger partial charge in [-0.15, -0.1) is 6.58 Å². The summed E-state index contributed by atoms with van der Waals surface area (Å²) in [4.78, 5) is 9.51. The van der Waals surface area contributed by atoms with Crippen molar-refractivity contribution in [1.82, 2.24) is 0 Å². The summed E-state index contributed by atoms with van der Waals surface area (Å²) in [5, 5.41) is 7.83. The van der Waals surface area contributed by atoms with Crippen LogP contribution in [0.1, 0.15) is 6.92 Å². The molecule has 1 N–H and O–H groups in total. The Balaban J connectivity index is 0.000000255. The fourth-order valence-corrected chi connectivity index (χ4v) is 0.590. The van der Waals surface area contributed by atoms with E-state index in [1.54, 1.807) is 13.0 Å². The molecule has 0 aromatic heterocycles. The molecule has 1 saturated heterocycles. The molecule has 4 heteroatoms. The van der Waals surface area contributed by atoms with Crippen LogP contribution in [-0.4, -0.2) is 37.0 Å². The Bertz CT molecular complexity index is 194. The Hall–Kier alpha value is -1.13. The van der Waals surface area contributed by atoms with Crippen LogP contribution in [0, 0.1) is 0 Å². The number of hydrogen-bond acceptors (Lipinski definition) is 3. The Kier molecular flexibility index (Phi) is 7.78. The lowest BCUT2D eigenvalue weighted by molar-refractivity contribution is -0.131. The minimum Gasteiger partial charge on any atom is -0.478 e. The van der Waals surface area contributed by atoms with E-state index in [-0.39, 0.29) is 0 Å². The molecular formula is C10H16O4. The van der Waals surface area contributed by atoms with Gasteiger partial charge in [0.25, 0.3) is 0 Å². The number of allylic oxidation sites excluding steroid dienone is 1. The van der Waals surface area contributed by atoms with E-state index in [0.717, 1.165) is 19.3 Å². The molecule has 0 bridgehead atoms. The van der Waals surface area contributed by atoms with E-state index < -0.39 is 5.97 Å². The van der Waals surface area contributed by atoms with Crippen LogP contribution >= 0.6 is 0 Å². The molecule has 0 saturated carbocycles. The molecule has 80 valence electrons. The molecule has 0 amide bonds. The molecule has 1 fully saturated rings. The minimum atomic E-state index is -0.891. The number of ether oxygens (including phenoxy) is 2. The highest BCUT2D eigenvalue weighted by atomic mass is 16.6. The van der Waals surface area contributed by atoms with Gasteiger partial charge in [-0.05, 0) is 6.92 Å². The Morgan fingerprint density at radius 2 is 2.43 bits per heavy atom. The highest BCUT2D eigenvalue weighted by Gasteiger charge is 2.21. The lowest BCUT2D eigenvalue weighted by Crippen LogP contribution is -2.00. The van der Waals surface area contributed by atoms with Crippen molar-refractivity contribution in [2.24, 2.45) is 0 Å². The van der Waals surface area contributed by atoms with Crippen LogP contribution in [-0.2, 0) is 14.3 Å². The van der Waals surface area contributed by atoms with Gasteiger partial charge in [0.1, 0.15) is 6.10 Å². The second-order valence-electron chi connectivity index (χ2n) is 2.62. The van der Waals surface area contributed by atoms with Crippen molar-refractivity contribution in [1.29, 1.82) is 0 Å². The monoisotopic (exact) mass is 200 g/mol. The third-order valence-corrected chi connectivity index (χ3v) is 1.25. The first-order valence-electron chi connectivity index (χ1n) is 4.36. The minimum absolute atomic E-state index is 0.384. The van der Waals surface area contributed by atoms with E-state index in [0.29, 0.717) is 12.7 Å². The number of aliphatic carboxylic acids is 1. The summed E-state index contributed by atoms with van der Waals surface area (Å²) in [5.74, 6) is -0.891. The topological polar surface area (TPSA) is 59.1 Å². The molecular weight excluding hydrogens is 184 g/mol. The number of rotatable bonds is 5. The molecule has 0 aromatic carbocycles. The maximum absolute atomic E-state index is 9.51. The SMILES string of the molecule is C=CCOCC1CO1.CC=CC(=O)O. The maximum atomic E-state index is 9.51. The van der Waals surface area contributed by atoms with E-state index in [2.05, 4.69) is 6.58 Å². The molecule has 4 nitrogen and oxygen atoms in total. The molecule has 14 heavy (non-hydrogen) atoms. The van der Waals surface area contributed by atoms with Gasteiger partial charge < -0.3 is 14.6 Å². The zero-order valence-electron chi connectivity index (χ0n) is 8.31. The van der Waals surface area contributed by atoms with Crippen molar-refractivity contribution in [2.75, 3.05) is 19.8 Å². The third kappa shape index (κ3) is 10.9. The van der Waals surface area contributed by atoms with Crippen molar-refractivity contribution in [3.05, 3.63) is 24.8 Å². The number of carboxylic acid groups (broad SMARTS) is 1. The molecule has 1 aliphatic heterocycles. The third-order valence-electron chi connectivity index (χ3n) is 1.25. The van der Waals surface area contributed by atoms with Crippen molar-refractivity contribution in [3.63, 3.8) is 0 Å². The van der Waals surface area contributed by atoms with Crippen molar-refractivity contribution >= 4 is 5.97 Å². The predicted octanol–water partition coefficient (Wildman–Crippen LogP) is 1.23. The zero-order valence-corrected chi connectivity index (χ0v) is 8.31. The highest BCUT2D eigenvalue weighted by Crippen LogP contribution is 2.07. The number of epoxide rings is 1. The van der Waals surface area contributed by atoms with Gasteiger partial charge in [-0.25, -0.2) is 4.79 Å². The van der Waals surface area contributed by atoms with Crippen molar-refractivity contribution < 1.29 is 19.4 Å². The molecule has 0 radical (unpaired) electrons.